The zero-order valence-electron chi connectivity index (χ0n) is 13.6. The van der Waals surface area contributed by atoms with Gasteiger partial charge >= 0.3 is 6.03 Å². The average molecular weight is 319 g/mol. The minimum atomic E-state index is -0.238. The van der Waals surface area contributed by atoms with Crippen molar-refractivity contribution in [1.82, 2.24) is 5.32 Å². The van der Waals surface area contributed by atoms with Gasteiger partial charge in [0.25, 0.3) is 0 Å². The van der Waals surface area contributed by atoms with Gasteiger partial charge in [0.05, 0.1) is 6.10 Å². The summed E-state index contributed by atoms with van der Waals surface area (Å²) in [5, 5.41) is 8.23. The van der Waals surface area contributed by atoms with Gasteiger partial charge in [0, 0.05) is 31.5 Å². The summed E-state index contributed by atoms with van der Waals surface area (Å²) in [6.07, 6.45) is 6.11. The Kier molecular flexibility index (Phi) is 6.87. The zero-order valence-corrected chi connectivity index (χ0v) is 13.6. The number of ether oxygens (including phenoxy) is 1. The Hall–Kier alpha value is -2.08. The maximum absolute atomic E-state index is 11.8. The third kappa shape index (κ3) is 6.69. The van der Waals surface area contributed by atoms with E-state index in [0.29, 0.717) is 30.6 Å². The van der Waals surface area contributed by atoms with Gasteiger partial charge in [-0.3, -0.25) is 4.79 Å². The summed E-state index contributed by atoms with van der Waals surface area (Å²) in [7, 11) is 0. The Balaban J connectivity index is 1.59. The van der Waals surface area contributed by atoms with Crippen molar-refractivity contribution in [1.29, 1.82) is 0 Å². The number of carbonyl (C=O) groups is 2. The van der Waals surface area contributed by atoms with Crippen LogP contribution in [0.15, 0.2) is 24.3 Å². The van der Waals surface area contributed by atoms with E-state index in [2.05, 4.69) is 16.0 Å². The molecule has 0 radical (unpaired) electrons. The van der Waals surface area contributed by atoms with Gasteiger partial charge in [-0.1, -0.05) is 12.8 Å². The molecule has 1 aromatic carbocycles. The lowest BCUT2D eigenvalue weighted by molar-refractivity contribution is -0.114. The van der Waals surface area contributed by atoms with Crippen LogP contribution in [-0.2, 0) is 9.53 Å². The molecule has 1 aliphatic rings. The quantitative estimate of drug-likeness (QED) is 0.676. The molecule has 0 unspecified atom stereocenters. The van der Waals surface area contributed by atoms with E-state index in [1.807, 2.05) is 0 Å². The molecule has 3 N–H and O–H groups in total. The molecule has 0 aromatic heterocycles. The molecule has 6 heteroatoms. The Labute approximate surface area is 137 Å². The van der Waals surface area contributed by atoms with E-state index in [9.17, 15) is 9.59 Å². The molecule has 1 fully saturated rings. The van der Waals surface area contributed by atoms with E-state index in [4.69, 9.17) is 4.74 Å². The summed E-state index contributed by atoms with van der Waals surface area (Å²) < 4.78 is 5.74. The minimum absolute atomic E-state index is 0.122. The van der Waals surface area contributed by atoms with Crippen LogP contribution in [0.5, 0.6) is 0 Å². The Bertz CT molecular complexity index is 510. The van der Waals surface area contributed by atoms with Gasteiger partial charge < -0.3 is 20.7 Å². The molecular formula is C17H25N3O3. The van der Waals surface area contributed by atoms with E-state index in [0.717, 1.165) is 6.42 Å². The number of benzene rings is 1. The molecule has 23 heavy (non-hydrogen) atoms. The highest BCUT2D eigenvalue weighted by molar-refractivity contribution is 5.91. The first-order chi connectivity index (χ1) is 11.1. The van der Waals surface area contributed by atoms with Crippen molar-refractivity contribution in [3.8, 4) is 0 Å². The second-order valence-electron chi connectivity index (χ2n) is 5.77. The van der Waals surface area contributed by atoms with Crippen LogP contribution < -0.4 is 16.0 Å². The van der Waals surface area contributed by atoms with Crippen molar-refractivity contribution in [2.45, 2.75) is 45.1 Å². The minimum Gasteiger partial charge on any atom is -0.378 e. The first kappa shape index (κ1) is 17.3. The number of hydrogen-bond acceptors (Lipinski definition) is 3. The number of carbonyl (C=O) groups excluding carboxylic acids is 2. The highest BCUT2D eigenvalue weighted by Crippen LogP contribution is 2.20. The van der Waals surface area contributed by atoms with Gasteiger partial charge in [0.15, 0.2) is 0 Å². The van der Waals surface area contributed by atoms with Crippen LogP contribution in [0.4, 0.5) is 16.2 Å². The largest absolute Gasteiger partial charge is 0.378 e. The van der Waals surface area contributed by atoms with E-state index in [1.54, 1.807) is 24.3 Å². The maximum Gasteiger partial charge on any atom is 0.319 e. The summed E-state index contributed by atoms with van der Waals surface area (Å²) in [5.74, 6) is -0.122. The second-order valence-corrected chi connectivity index (χ2v) is 5.77. The second kappa shape index (κ2) is 9.15. The number of anilines is 2. The fourth-order valence-corrected chi connectivity index (χ4v) is 2.59. The Morgan fingerprint density at radius 3 is 2.30 bits per heavy atom. The van der Waals surface area contributed by atoms with Gasteiger partial charge in [0.1, 0.15) is 0 Å². The molecule has 0 atom stereocenters. The molecule has 3 amide bonds. The molecule has 2 rings (SSSR count). The van der Waals surface area contributed by atoms with Crippen LogP contribution >= 0.6 is 0 Å². The predicted molar refractivity (Wildman–Crippen MR) is 90.6 cm³/mol. The fraction of sp³-hybridized carbons (Fsp3) is 0.529. The van der Waals surface area contributed by atoms with E-state index < -0.39 is 0 Å². The number of hydrogen-bond donors (Lipinski definition) is 3. The molecule has 0 heterocycles. The highest BCUT2D eigenvalue weighted by atomic mass is 16.5. The molecule has 1 aromatic rings. The SMILES string of the molecule is CC(=O)Nc1ccc(NC(=O)NCCCOC2CCCC2)cc1. The standard InChI is InChI=1S/C17H25N3O3/c1-13(21)19-14-7-9-15(10-8-14)20-17(22)18-11-4-12-23-16-5-2-3-6-16/h7-10,16H,2-6,11-12H2,1H3,(H,19,21)(H2,18,20,22). The summed E-state index contributed by atoms with van der Waals surface area (Å²) >= 11 is 0. The molecule has 126 valence electrons. The molecule has 1 saturated carbocycles. The van der Waals surface area contributed by atoms with Crippen LogP contribution in [0.1, 0.15) is 39.0 Å². The summed E-state index contributed by atoms with van der Waals surface area (Å²) in [6.45, 7) is 2.73. The predicted octanol–water partition coefficient (Wildman–Crippen LogP) is 3.12. The average Bonchev–Trinajstić information content (AvgIpc) is 3.02. The van der Waals surface area contributed by atoms with Gasteiger partial charge in [0.2, 0.25) is 5.91 Å². The van der Waals surface area contributed by atoms with Crippen molar-refractivity contribution in [2.24, 2.45) is 0 Å². The van der Waals surface area contributed by atoms with Crippen LogP contribution in [0.3, 0.4) is 0 Å². The highest BCUT2D eigenvalue weighted by Gasteiger charge is 2.14. The molecule has 0 saturated heterocycles. The topological polar surface area (TPSA) is 79.5 Å². The van der Waals surface area contributed by atoms with Crippen molar-refractivity contribution >= 4 is 23.3 Å². The Morgan fingerprint density at radius 2 is 1.70 bits per heavy atom. The zero-order chi connectivity index (χ0) is 16.5. The van der Waals surface area contributed by atoms with Gasteiger partial charge in [-0.2, -0.15) is 0 Å². The van der Waals surface area contributed by atoms with Crippen molar-refractivity contribution in [3.63, 3.8) is 0 Å². The van der Waals surface area contributed by atoms with E-state index in [-0.39, 0.29) is 11.9 Å². The summed E-state index contributed by atoms with van der Waals surface area (Å²) in [6, 6.07) is 6.74. The van der Waals surface area contributed by atoms with Gasteiger partial charge in [-0.15, -0.1) is 0 Å². The van der Waals surface area contributed by atoms with Crippen molar-refractivity contribution < 1.29 is 14.3 Å². The summed E-state index contributed by atoms with van der Waals surface area (Å²) in [5.41, 5.74) is 1.38. The monoisotopic (exact) mass is 319 g/mol. The fourth-order valence-electron chi connectivity index (χ4n) is 2.59. The maximum atomic E-state index is 11.8. The Morgan fingerprint density at radius 1 is 1.09 bits per heavy atom. The van der Waals surface area contributed by atoms with E-state index in [1.165, 1.54) is 32.6 Å². The third-order valence-electron chi connectivity index (χ3n) is 3.73. The van der Waals surface area contributed by atoms with Crippen LogP contribution in [0.25, 0.3) is 0 Å². The van der Waals surface area contributed by atoms with Gasteiger partial charge in [-0.25, -0.2) is 4.79 Å². The molecule has 0 bridgehead atoms. The van der Waals surface area contributed by atoms with Crippen LogP contribution in [0.2, 0.25) is 0 Å². The molecule has 0 spiro atoms. The first-order valence-electron chi connectivity index (χ1n) is 8.17. The van der Waals surface area contributed by atoms with Crippen molar-refractivity contribution in [3.05, 3.63) is 24.3 Å². The van der Waals surface area contributed by atoms with E-state index >= 15 is 0 Å². The lowest BCUT2D eigenvalue weighted by Crippen LogP contribution is -2.30. The first-order valence-corrected chi connectivity index (χ1v) is 8.17. The molecule has 0 aliphatic heterocycles. The number of rotatable bonds is 7. The van der Waals surface area contributed by atoms with Crippen LogP contribution in [0, 0.1) is 0 Å². The lowest BCUT2D eigenvalue weighted by Gasteiger charge is -2.11. The molecular weight excluding hydrogens is 294 g/mol. The number of urea groups is 1. The van der Waals surface area contributed by atoms with Gasteiger partial charge in [-0.05, 0) is 43.5 Å². The third-order valence-corrected chi connectivity index (χ3v) is 3.73. The van der Waals surface area contributed by atoms with Crippen molar-refractivity contribution in [2.75, 3.05) is 23.8 Å². The summed E-state index contributed by atoms with van der Waals surface area (Å²) in [4.78, 5) is 22.7. The molecule has 1 aliphatic carbocycles. The smallest absolute Gasteiger partial charge is 0.319 e. The number of amides is 3. The number of nitrogens with one attached hydrogen (secondary N) is 3. The van der Waals surface area contributed by atoms with Crippen LogP contribution in [-0.4, -0.2) is 31.2 Å². The molecule has 6 nitrogen and oxygen atoms in total. The lowest BCUT2D eigenvalue weighted by atomic mass is 10.3. The normalized spacial score (nSPS) is 14.5.